The summed E-state index contributed by atoms with van der Waals surface area (Å²) >= 11 is 0. The van der Waals surface area contributed by atoms with E-state index in [4.69, 9.17) is 9.47 Å². The van der Waals surface area contributed by atoms with Crippen LogP contribution in [0.4, 0.5) is 0 Å². The number of carbonyl (C=O) groups is 1. The summed E-state index contributed by atoms with van der Waals surface area (Å²) in [5, 5.41) is 3.34. The number of carbonyl (C=O) groups excluding carboxylic acids is 1. The van der Waals surface area contributed by atoms with Gasteiger partial charge in [-0.05, 0) is 31.9 Å². The molecule has 27 heavy (non-hydrogen) atoms. The van der Waals surface area contributed by atoms with Gasteiger partial charge in [-0.25, -0.2) is 0 Å². The molecule has 0 bridgehead atoms. The molecule has 2 aliphatic rings. The van der Waals surface area contributed by atoms with E-state index in [1.54, 1.807) is 7.05 Å². The molecule has 0 saturated carbocycles. The third kappa shape index (κ3) is 5.35. The van der Waals surface area contributed by atoms with E-state index in [1.807, 2.05) is 29.2 Å². The van der Waals surface area contributed by atoms with Gasteiger partial charge in [0.1, 0.15) is 18.5 Å². The smallest absolute Gasteiger partial charge is 0.251 e. The number of aryl methyl sites for hydroxylation is 1. The molecule has 0 spiro atoms. The lowest BCUT2D eigenvalue weighted by Crippen LogP contribution is -2.55. The third-order valence-corrected chi connectivity index (χ3v) is 4.98. The van der Waals surface area contributed by atoms with Crippen LogP contribution in [0.3, 0.4) is 0 Å². The SMILES string of the molecule is CN=C(NCCOc1ccc(C)cc1)N1CCN(C(=O)C2CCCO2)CC1. The van der Waals surface area contributed by atoms with Gasteiger partial charge in [0, 0.05) is 39.8 Å². The first-order valence-electron chi connectivity index (χ1n) is 9.73. The topological polar surface area (TPSA) is 66.4 Å². The zero-order valence-corrected chi connectivity index (χ0v) is 16.3. The van der Waals surface area contributed by atoms with Crippen molar-refractivity contribution >= 4 is 11.9 Å². The molecule has 1 atom stereocenters. The Labute approximate surface area is 161 Å². The Balaban J connectivity index is 1.38. The Kier molecular flexibility index (Phi) is 6.92. The quantitative estimate of drug-likeness (QED) is 0.478. The van der Waals surface area contributed by atoms with Crippen LogP contribution in [0.25, 0.3) is 0 Å². The maximum Gasteiger partial charge on any atom is 0.251 e. The number of guanidine groups is 1. The normalized spacial score (nSPS) is 20.7. The number of nitrogens with zero attached hydrogens (tertiary/aromatic N) is 3. The summed E-state index contributed by atoms with van der Waals surface area (Å²) in [5.41, 5.74) is 1.22. The van der Waals surface area contributed by atoms with Crippen LogP contribution in [-0.2, 0) is 9.53 Å². The van der Waals surface area contributed by atoms with Crippen molar-refractivity contribution in [3.63, 3.8) is 0 Å². The monoisotopic (exact) mass is 374 g/mol. The first-order valence-corrected chi connectivity index (χ1v) is 9.73. The molecule has 0 radical (unpaired) electrons. The van der Waals surface area contributed by atoms with E-state index in [-0.39, 0.29) is 12.0 Å². The fraction of sp³-hybridized carbons (Fsp3) is 0.600. The van der Waals surface area contributed by atoms with Crippen LogP contribution in [-0.4, -0.2) is 80.8 Å². The number of hydrogen-bond donors (Lipinski definition) is 1. The molecule has 2 heterocycles. The van der Waals surface area contributed by atoms with Gasteiger partial charge >= 0.3 is 0 Å². The highest BCUT2D eigenvalue weighted by molar-refractivity contribution is 5.82. The minimum Gasteiger partial charge on any atom is -0.492 e. The van der Waals surface area contributed by atoms with Gasteiger partial charge in [0.15, 0.2) is 5.96 Å². The number of aliphatic imine (C=N–C) groups is 1. The first-order chi connectivity index (χ1) is 13.2. The number of ether oxygens (including phenoxy) is 2. The van der Waals surface area contributed by atoms with Crippen LogP contribution in [0.1, 0.15) is 18.4 Å². The standard InChI is InChI=1S/C20H30N4O3/c1-16-5-7-17(8-6-16)26-15-9-22-20(21-2)24-12-10-23(11-13-24)19(25)18-4-3-14-27-18/h5-8,18H,3-4,9-15H2,1-2H3,(H,21,22). The maximum absolute atomic E-state index is 12.4. The lowest BCUT2D eigenvalue weighted by molar-refractivity contribution is -0.142. The molecule has 148 valence electrons. The number of hydrogen-bond acceptors (Lipinski definition) is 4. The molecule has 2 saturated heterocycles. The molecule has 1 aromatic carbocycles. The van der Waals surface area contributed by atoms with E-state index in [9.17, 15) is 4.79 Å². The van der Waals surface area contributed by atoms with Crippen molar-refractivity contribution in [3.8, 4) is 5.75 Å². The lowest BCUT2D eigenvalue weighted by Gasteiger charge is -2.37. The maximum atomic E-state index is 12.4. The lowest BCUT2D eigenvalue weighted by atomic mass is 10.2. The molecule has 1 N–H and O–H groups in total. The molecule has 1 amide bonds. The molecular weight excluding hydrogens is 344 g/mol. The Hall–Kier alpha value is -2.28. The summed E-state index contributed by atoms with van der Waals surface area (Å²) in [7, 11) is 1.78. The predicted octanol–water partition coefficient (Wildman–Crippen LogP) is 1.27. The molecular formula is C20H30N4O3. The van der Waals surface area contributed by atoms with Crippen molar-refractivity contribution in [2.24, 2.45) is 4.99 Å². The molecule has 7 nitrogen and oxygen atoms in total. The number of benzene rings is 1. The molecule has 0 aliphatic carbocycles. The van der Waals surface area contributed by atoms with Gasteiger partial charge in [-0.2, -0.15) is 0 Å². The fourth-order valence-corrected chi connectivity index (χ4v) is 3.41. The highest BCUT2D eigenvalue weighted by Gasteiger charge is 2.30. The summed E-state index contributed by atoms with van der Waals surface area (Å²) in [6.45, 7) is 6.97. The van der Waals surface area contributed by atoms with E-state index in [0.717, 1.165) is 37.6 Å². The minimum absolute atomic E-state index is 0.140. The molecule has 7 heteroatoms. The van der Waals surface area contributed by atoms with Crippen LogP contribution in [0, 0.1) is 6.92 Å². The van der Waals surface area contributed by atoms with Crippen LogP contribution >= 0.6 is 0 Å². The number of piperazine rings is 1. The average molecular weight is 374 g/mol. The summed E-state index contributed by atoms with van der Waals surface area (Å²) in [6, 6.07) is 8.04. The average Bonchev–Trinajstić information content (AvgIpc) is 3.24. The number of rotatable bonds is 5. The van der Waals surface area contributed by atoms with Gasteiger partial charge in [-0.1, -0.05) is 17.7 Å². The molecule has 1 aromatic rings. The Bertz CT molecular complexity index is 633. The van der Waals surface area contributed by atoms with Gasteiger partial charge in [0.2, 0.25) is 0 Å². The van der Waals surface area contributed by atoms with E-state index < -0.39 is 0 Å². The zero-order valence-electron chi connectivity index (χ0n) is 16.3. The van der Waals surface area contributed by atoms with E-state index in [2.05, 4.69) is 22.1 Å². The van der Waals surface area contributed by atoms with Crippen LogP contribution in [0.2, 0.25) is 0 Å². The van der Waals surface area contributed by atoms with Crippen molar-refractivity contribution in [1.82, 2.24) is 15.1 Å². The Morgan fingerprint density at radius 3 is 2.56 bits per heavy atom. The van der Waals surface area contributed by atoms with Crippen molar-refractivity contribution in [2.75, 3.05) is 53.0 Å². The minimum atomic E-state index is -0.229. The van der Waals surface area contributed by atoms with Crippen LogP contribution < -0.4 is 10.1 Å². The first kappa shape index (κ1) is 19.5. The Morgan fingerprint density at radius 2 is 1.93 bits per heavy atom. The molecule has 2 aliphatic heterocycles. The fourth-order valence-electron chi connectivity index (χ4n) is 3.41. The van der Waals surface area contributed by atoms with E-state index in [1.165, 1.54) is 5.56 Å². The van der Waals surface area contributed by atoms with Crippen molar-refractivity contribution in [2.45, 2.75) is 25.9 Å². The summed E-state index contributed by atoms with van der Waals surface area (Å²) in [4.78, 5) is 20.9. The van der Waals surface area contributed by atoms with Gasteiger partial charge < -0.3 is 24.6 Å². The molecule has 0 aromatic heterocycles. The van der Waals surface area contributed by atoms with Crippen LogP contribution in [0.5, 0.6) is 5.75 Å². The van der Waals surface area contributed by atoms with E-state index in [0.29, 0.717) is 32.8 Å². The second-order valence-electron chi connectivity index (χ2n) is 6.95. The highest BCUT2D eigenvalue weighted by atomic mass is 16.5. The molecule has 3 rings (SSSR count). The number of amides is 1. The van der Waals surface area contributed by atoms with Gasteiger partial charge in [-0.3, -0.25) is 9.79 Å². The molecule has 1 unspecified atom stereocenters. The van der Waals surface area contributed by atoms with Crippen molar-refractivity contribution in [3.05, 3.63) is 29.8 Å². The van der Waals surface area contributed by atoms with Crippen molar-refractivity contribution < 1.29 is 14.3 Å². The summed E-state index contributed by atoms with van der Waals surface area (Å²) < 4.78 is 11.3. The summed E-state index contributed by atoms with van der Waals surface area (Å²) in [6.07, 6.45) is 1.61. The summed E-state index contributed by atoms with van der Waals surface area (Å²) in [5.74, 6) is 1.87. The van der Waals surface area contributed by atoms with Gasteiger partial charge in [0.05, 0.1) is 6.54 Å². The largest absolute Gasteiger partial charge is 0.492 e. The van der Waals surface area contributed by atoms with Crippen molar-refractivity contribution in [1.29, 1.82) is 0 Å². The van der Waals surface area contributed by atoms with Gasteiger partial charge in [-0.15, -0.1) is 0 Å². The second kappa shape index (κ2) is 9.60. The predicted molar refractivity (Wildman–Crippen MR) is 105 cm³/mol. The van der Waals surface area contributed by atoms with Crippen LogP contribution in [0.15, 0.2) is 29.3 Å². The second-order valence-corrected chi connectivity index (χ2v) is 6.95. The number of nitrogens with one attached hydrogen (secondary N) is 1. The molecule has 2 fully saturated rings. The zero-order chi connectivity index (χ0) is 19.1. The Morgan fingerprint density at radius 1 is 1.22 bits per heavy atom. The van der Waals surface area contributed by atoms with E-state index >= 15 is 0 Å². The highest BCUT2D eigenvalue weighted by Crippen LogP contribution is 2.16. The third-order valence-electron chi connectivity index (χ3n) is 4.98. The van der Waals surface area contributed by atoms with Gasteiger partial charge in [0.25, 0.3) is 5.91 Å².